The van der Waals surface area contributed by atoms with Crippen LogP contribution in [0.25, 0.3) is 16.6 Å². The zero-order valence-electron chi connectivity index (χ0n) is 20.2. The van der Waals surface area contributed by atoms with Gasteiger partial charge in [0, 0.05) is 5.69 Å². The van der Waals surface area contributed by atoms with Crippen molar-refractivity contribution in [2.24, 2.45) is 0 Å². The summed E-state index contributed by atoms with van der Waals surface area (Å²) in [5.41, 5.74) is 6.36. The first-order chi connectivity index (χ1) is 16.3. The van der Waals surface area contributed by atoms with E-state index < -0.39 is 0 Å². The molecule has 0 radical (unpaired) electrons. The van der Waals surface area contributed by atoms with Crippen LogP contribution in [0, 0.1) is 20.8 Å². The average molecular weight is 472 g/mol. The van der Waals surface area contributed by atoms with E-state index in [9.17, 15) is 9.59 Å². The second-order valence-electron chi connectivity index (χ2n) is 8.87. The highest BCUT2D eigenvalue weighted by atomic mass is 32.2. The summed E-state index contributed by atoms with van der Waals surface area (Å²) in [6, 6.07) is 19.3. The van der Waals surface area contributed by atoms with E-state index in [0.717, 1.165) is 33.6 Å². The molecule has 0 atom stereocenters. The van der Waals surface area contributed by atoms with E-state index in [1.807, 2.05) is 75.4 Å². The maximum Gasteiger partial charge on any atom is 0.266 e. The van der Waals surface area contributed by atoms with E-state index in [1.54, 1.807) is 10.6 Å². The summed E-state index contributed by atoms with van der Waals surface area (Å²) in [6.45, 7) is 10.2. The molecule has 0 saturated heterocycles. The summed E-state index contributed by atoms with van der Waals surface area (Å²) in [5.74, 6) is 0.303. The van der Waals surface area contributed by atoms with Gasteiger partial charge in [0.1, 0.15) is 0 Å². The van der Waals surface area contributed by atoms with Crippen molar-refractivity contribution in [2.75, 3.05) is 11.1 Å². The molecule has 0 bridgehead atoms. The van der Waals surface area contributed by atoms with Crippen LogP contribution in [0.1, 0.15) is 42.0 Å². The molecular formula is C28H29N3O2S. The maximum absolute atomic E-state index is 13.5. The number of anilines is 1. The molecule has 0 fully saturated rings. The van der Waals surface area contributed by atoms with Crippen LogP contribution in [0.2, 0.25) is 0 Å². The van der Waals surface area contributed by atoms with Gasteiger partial charge in [-0.15, -0.1) is 0 Å². The molecule has 34 heavy (non-hydrogen) atoms. The maximum atomic E-state index is 13.5. The molecule has 0 aliphatic rings. The largest absolute Gasteiger partial charge is 0.325 e. The molecule has 1 heterocycles. The number of thioether (sulfide) groups is 1. The van der Waals surface area contributed by atoms with E-state index in [2.05, 4.69) is 19.2 Å². The van der Waals surface area contributed by atoms with Gasteiger partial charge in [-0.2, -0.15) is 0 Å². The smallest absolute Gasteiger partial charge is 0.266 e. The lowest BCUT2D eigenvalue weighted by Gasteiger charge is -2.17. The van der Waals surface area contributed by atoms with Crippen molar-refractivity contribution in [3.05, 3.63) is 93.3 Å². The third-order valence-electron chi connectivity index (χ3n) is 5.86. The van der Waals surface area contributed by atoms with Crippen LogP contribution in [0.5, 0.6) is 0 Å². The van der Waals surface area contributed by atoms with Gasteiger partial charge in [-0.05, 0) is 61.6 Å². The van der Waals surface area contributed by atoms with Crippen molar-refractivity contribution in [1.82, 2.24) is 9.55 Å². The standard InChI is InChI=1S/C28H29N3O2S/c1-17(2)21-11-8-9-19(4)26(21)30-25(32)16-34-28-29-23-12-7-6-10-22(23)27(33)31(28)24-14-13-18(3)15-20(24)5/h6-15,17H,16H2,1-5H3,(H,30,32). The highest BCUT2D eigenvalue weighted by Crippen LogP contribution is 2.28. The predicted octanol–water partition coefficient (Wildman–Crippen LogP) is 6.17. The highest BCUT2D eigenvalue weighted by molar-refractivity contribution is 7.99. The number of fused-ring (bicyclic) bond motifs is 1. The van der Waals surface area contributed by atoms with Crippen LogP contribution in [-0.4, -0.2) is 21.2 Å². The summed E-state index contributed by atoms with van der Waals surface area (Å²) >= 11 is 1.27. The second-order valence-corrected chi connectivity index (χ2v) is 9.82. The van der Waals surface area contributed by atoms with E-state index in [1.165, 1.54) is 11.8 Å². The van der Waals surface area contributed by atoms with E-state index >= 15 is 0 Å². The van der Waals surface area contributed by atoms with Crippen molar-refractivity contribution in [3.63, 3.8) is 0 Å². The van der Waals surface area contributed by atoms with E-state index in [0.29, 0.717) is 22.0 Å². The van der Waals surface area contributed by atoms with Gasteiger partial charge in [-0.25, -0.2) is 4.98 Å². The number of para-hydroxylation sites is 2. The third kappa shape index (κ3) is 4.77. The fourth-order valence-corrected chi connectivity index (χ4v) is 4.93. The molecule has 0 saturated carbocycles. The molecule has 1 amide bonds. The fourth-order valence-electron chi connectivity index (χ4n) is 4.13. The molecule has 5 nitrogen and oxygen atoms in total. The predicted molar refractivity (Wildman–Crippen MR) is 141 cm³/mol. The molecule has 1 aromatic heterocycles. The number of aryl methyl sites for hydroxylation is 3. The number of nitrogens with zero attached hydrogens (tertiary/aromatic N) is 2. The molecule has 0 unspecified atom stereocenters. The lowest BCUT2D eigenvalue weighted by molar-refractivity contribution is -0.113. The van der Waals surface area contributed by atoms with Gasteiger partial charge in [0.25, 0.3) is 5.56 Å². The van der Waals surface area contributed by atoms with Crippen molar-refractivity contribution >= 4 is 34.3 Å². The zero-order valence-corrected chi connectivity index (χ0v) is 21.0. The first kappa shape index (κ1) is 23.8. The normalized spacial score (nSPS) is 11.2. The van der Waals surface area contributed by atoms with E-state index in [4.69, 9.17) is 4.98 Å². The van der Waals surface area contributed by atoms with Crippen LogP contribution in [0.3, 0.4) is 0 Å². The molecular weight excluding hydrogens is 442 g/mol. The van der Waals surface area contributed by atoms with Gasteiger partial charge < -0.3 is 5.32 Å². The molecule has 0 aliphatic heterocycles. The minimum absolute atomic E-state index is 0.129. The number of carbonyl (C=O) groups is 1. The summed E-state index contributed by atoms with van der Waals surface area (Å²) in [6.07, 6.45) is 0. The molecule has 4 rings (SSSR count). The molecule has 6 heteroatoms. The summed E-state index contributed by atoms with van der Waals surface area (Å²) in [4.78, 5) is 31.2. The Kier molecular flexibility index (Phi) is 6.89. The van der Waals surface area contributed by atoms with Gasteiger partial charge in [0.2, 0.25) is 5.91 Å². The van der Waals surface area contributed by atoms with E-state index in [-0.39, 0.29) is 17.2 Å². The minimum Gasteiger partial charge on any atom is -0.325 e. The third-order valence-corrected chi connectivity index (χ3v) is 6.80. The Morgan fingerprint density at radius 2 is 1.76 bits per heavy atom. The summed E-state index contributed by atoms with van der Waals surface area (Å²) in [5, 5.41) is 4.14. The van der Waals surface area contributed by atoms with Crippen LogP contribution in [0.4, 0.5) is 5.69 Å². The molecule has 3 aromatic carbocycles. The summed E-state index contributed by atoms with van der Waals surface area (Å²) in [7, 11) is 0. The van der Waals surface area contributed by atoms with Crippen molar-refractivity contribution in [1.29, 1.82) is 0 Å². The molecule has 0 aliphatic carbocycles. The van der Waals surface area contributed by atoms with Crippen molar-refractivity contribution in [3.8, 4) is 5.69 Å². The first-order valence-corrected chi connectivity index (χ1v) is 12.4. The number of hydrogen-bond donors (Lipinski definition) is 1. The van der Waals surface area contributed by atoms with Crippen LogP contribution in [0.15, 0.2) is 70.6 Å². The molecule has 174 valence electrons. The van der Waals surface area contributed by atoms with Crippen LogP contribution in [-0.2, 0) is 4.79 Å². The second kappa shape index (κ2) is 9.85. The monoisotopic (exact) mass is 471 g/mol. The quantitative estimate of drug-likeness (QED) is 0.270. The van der Waals surface area contributed by atoms with Gasteiger partial charge >= 0.3 is 0 Å². The van der Waals surface area contributed by atoms with Gasteiger partial charge in [0.15, 0.2) is 5.16 Å². The summed E-state index contributed by atoms with van der Waals surface area (Å²) < 4.78 is 1.63. The topological polar surface area (TPSA) is 64.0 Å². The number of benzene rings is 3. The Morgan fingerprint density at radius 1 is 1.00 bits per heavy atom. The number of rotatable bonds is 6. The molecule has 1 N–H and O–H groups in total. The Labute approximate surface area is 204 Å². The number of nitrogens with one attached hydrogen (secondary N) is 1. The Morgan fingerprint density at radius 3 is 2.50 bits per heavy atom. The Hall–Kier alpha value is -3.38. The fraction of sp³-hybridized carbons (Fsp3) is 0.250. The minimum atomic E-state index is -0.138. The number of hydrogen-bond acceptors (Lipinski definition) is 4. The lowest BCUT2D eigenvalue weighted by Crippen LogP contribution is -2.23. The SMILES string of the molecule is Cc1ccc(-n2c(SCC(=O)Nc3c(C)cccc3C(C)C)nc3ccccc3c2=O)c(C)c1. The van der Waals surface area contributed by atoms with Crippen molar-refractivity contribution < 1.29 is 4.79 Å². The van der Waals surface area contributed by atoms with Crippen LogP contribution >= 0.6 is 11.8 Å². The molecule has 0 spiro atoms. The highest BCUT2D eigenvalue weighted by Gasteiger charge is 2.17. The first-order valence-electron chi connectivity index (χ1n) is 11.4. The molecule has 4 aromatic rings. The average Bonchev–Trinajstić information content (AvgIpc) is 2.80. The van der Waals surface area contributed by atoms with Crippen LogP contribution < -0.4 is 10.9 Å². The number of carbonyl (C=O) groups excluding carboxylic acids is 1. The Balaban J connectivity index is 1.70. The van der Waals surface area contributed by atoms with Crippen molar-refractivity contribution in [2.45, 2.75) is 45.7 Å². The van der Waals surface area contributed by atoms with Gasteiger partial charge in [-0.3, -0.25) is 14.2 Å². The lowest BCUT2D eigenvalue weighted by atomic mass is 9.98. The zero-order chi connectivity index (χ0) is 24.4. The van der Waals surface area contributed by atoms with Gasteiger partial charge in [-0.1, -0.05) is 73.6 Å². The number of aromatic nitrogens is 2. The number of amides is 1. The van der Waals surface area contributed by atoms with Gasteiger partial charge in [0.05, 0.1) is 22.3 Å². The Bertz CT molecular complexity index is 1440.